The van der Waals surface area contributed by atoms with Gasteiger partial charge < -0.3 is 10.6 Å². The molecule has 0 saturated heterocycles. The summed E-state index contributed by atoms with van der Waals surface area (Å²) in [6, 6.07) is 5.92. The molecule has 0 bridgehead atoms. The molecule has 0 aliphatic rings. The topological polar surface area (TPSA) is 65.9 Å². The number of rotatable bonds is 4. The van der Waals surface area contributed by atoms with E-state index in [9.17, 15) is 0 Å². The van der Waals surface area contributed by atoms with Gasteiger partial charge in [0.2, 0.25) is 0 Å². The number of hydrogen-bond acceptors (Lipinski definition) is 4. The molecule has 0 saturated carbocycles. The lowest BCUT2D eigenvalue weighted by Gasteiger charge is -2.21. The van der Waals surface area contributed by atoms with Gasteiger partial charge in [0.15, 0.2) is 0 Å². The number of aromatic nitrogens is 1. The standard InChI is InChI=1S/C11H16N4/c1-9(13)10-5-3-7-14-11(10)15(2)8-4-6-12/h3,5,7,9H,4,8,13H2,1-2H3/t9-/m1/s1. The van der Waals surface area contributed by atoms with E-state index < -0.39 is 0 Å². The molecular weight excluding hydrogens is 188 g/mol. The molecule has 0 aliphatic carbocycles. The third-order valence-electron chi connectivity index (χ3n) is 2.23. The molecule has 0 spiro atoms. The average molecular weight is 204 g/mol. The van der Waals surface area contributed by atoms with E-state index in [1.807, 2.05) is 31.0 Å². The minimum atomic E-state index is -0.0433. The maximum atomic E-state index is 8.52. The fourth-order valence-electron chi connectivity index (χ4n) is 1.41. The highest BCUT2D eigenvalue weighted by Crippen LogP contribution is 2.21. The van der Waals surface area contributed by atoms with Crippen molar-refractivity contribution in [2.45, 2.75) is 19.4 Å². The minimum absolute atomic E-state index is 0.0433. The van der Waals surface area contributed by atoms with Crippen molar-refractivity contribution >= 4 is 5.82 Å². The second-order valence-electron chi connectivity index (χ2n) is 3.53. The Morgan fingerprint density at radius 1 is 1.67 bits per heavy atom. The van der Waals surface area contributed by atoms with Gasteiger partial charge in [0.1, 0.15) is 5.82 Å². The second-order valence-corrected chi connectivity index (χ2v) is 3.53. The molecule has 0 fully saturated rings. The summed E-state index contributed by atoms with van der Waals surface area (Å²) in [5, 5.41) is 8.52. The van der Waals surface area contributed by atoms with Crippen LogP contribution < -0.4 is 10.6 Å². The molecule has 0 amide bonds. The van der Waals surface area contributed by atoms with E-state index >= 15 is 0 Å². The van der Waals surface area contributed by atoms with Gasteiger partial charge in [-0.2, -0.15) is 5.26 Å². The van der Waals surface area contributed by atoms with Gasteiger partial charge in [0.25, 0.3) is 0 Å². The molecule has 4 heteroatoms. The van der Waals surface area contributed by atoms with Crippen LogP contribution in [0.5, 0.6) is 0 Å². The fourth-order valence-corrected chi connectivity index (χ4v) is 1.41. The maximum absolute atomic E-state index is 8.52. The van der Waals surface area contributed by atoms with Crippen LogP contribution in [0.15, 0.2) is 18.3 Å². The first-order valence-electron chi connectivity index (χ1n) is 4.95. The predicted octanol–water partition coefficient (Wildman–Crippen LogP) is 1.45. The summed E-state index contributed by atoms with van der Waals surface area (Å²) >= 11 is 0. The molecule has 0 aliphatic heterocycles. The molecule has 0 radical (unpaired) electrons. The van der Waals surface area contributed by atoms with Crippen molar-refractivity contribution in [2.24, 2.45) is 5.73 Å². The van der Waals surface area contributed by atoms with Crippen LogP contribution in [0.4, 0.5) is 5.82 Å². The van der Waals surface area contributed by atoms with Crippen molar-refractivity contribution in [3.8, 4) is 6.07 Å². The molecular formula is C11H16N4. The lowest BCUT2D eigenvalue weighted by molar-refractivity contribution is 0.788. The lowest BCUT2D eigenvalue weighted by atomic mass is 10.1. The Balaban J connectivity index is 2.88. The zero-order valence-electron chi connectivity index (χ0n) is 9.14. The van der Waals surface area contributed by atoms with E-state index in [-0.39, 0.29) is 6.04 Å². The van der Waals surface area contributed by atoms with Crippen molar-refractivity contribution in [3.63, 3.8) is 0 Å². The quantitative estimate of drug-likeness (QED) is 0.806. The van der Waals surface area contributed by atoms with Gasteiger partial charge in [-0.15, -0.1) is 0 Å². The molecule has 1 aromatic rings. The monoisotopic (exact) mass is 204 g/mol. The van der Waals surface area contributed by atoms with Crippen LogP contribution in [-0.4, -0.2) is 18.6 Å². The molecule has 1 atom stereocenters. The molecule has 1 rings (SSSR count). The minimum Gasteiger partial charge on any atom is -0.358 e. The highest BCUT2D eigenvalue weighted by molar-refractivity contribution is 5.47. The Morgan fingerprint density at radius 2 is 2.40 bits per heavy atom. The normalized spacial score (nSPS) is 11.9. The van der Waals surface area contributed by atoms with Crippen molar-refractivity contribution in [1.29, 1.82) is 5.26 Å². The highest BCUT2D eigenvalue weighted by atomic mass is 15.2. The Bertz CT molecular complexity index is 354. The lowest BCUT2D eigenvalue weighted by Crippen LogP contribution is -2.22. The van der Waals surface area contributed by atoms with Crippen LogP contribution >= 0.6 is 0 Å². The van der Waals surface area contributed by atoms with Crippen molar-refractivity contribution in [2.75, 3.05) is 18.5 Å². The van der Waals surface area contributed by atoms with Gasteiger partial charge in [-0.25, -0.2) is 4.98 Å². The number of pyridine rings is 1. The fraction of sp³-hybridized carbons (Fsp3) is 0.455. The Kier molecular flexibility index (Phi) is 4.07. The molecule has 2 N–H and O–H groups in total. The van der Waals surface area contributed by atoms with Crippen LogP contribution in [0.3, 0.4) is 0 Å². The summed E-state index contributed by atoms with van der Waals surface area (Å²) in [7, 11) is 1.92. The zero-order valence-corrected chi connectivity index (χ0v) is 9.14. The Hall–Kier alpha value is -1.60. The van der Waals surface area contributed by atoms with Crippen LogP contribution in [0, 0.1) is 11.3 Å². The van der Waals surface area contributed by atoms with E-state index in [2.05, 4.69) is 11.1 Å². The van der Waals surface area contributed by atoms with Gasteiger partial charge in [0.05, 0.1) is 12.5 Å². The molecule has 1 aromatic heterocycles. The number of nitriles is 1. The van der Waals surface area contributed by atoms with E-state index in [0.29, 0.717) is 13.0 Å². The van der Waals surface area contributed by atoms with Crippen LogP contribution in [0.1, 0.15) is 24.9 Å². The Morgan fingerprint density at radius 3 is 3.00 bits per heavy atom. The third-order valence-corrected chi connectivity index (χ3v) is 2.23. The summed E-state index contributed by atoms with van der Waals surface area (Å²) in [5.74, 6) is 0.864. The summed E-state index contributed by atoms with van der Waals surface area (Å²) in [6.07, 6.45) is 2.23. The molecule has 1 heterocycles. The number of anilines is 1. The predicted molar refractivity (Wildman–Crippen MR) is 60.3 cm³/mol. The SMILES string of the molecule is C[C@@H](N)c1cccnc1N(C)CCC#N. The number of hydrogen-bond donors (Lipinski definition) is 1. The molecule has 15 heavy (non-hydrogen) atoms. The number of nitrogens with two attached hydrogens (primary N) is 1. The molecule has 0 unspecified atom stereocenters. The Labute approximate surface area is 90.3 Å². The first-order valence-corrected chi connectivity index (χ1v) is 4.95. The second kappa shape index (κ2) is 5.32. The average Bonchev–Trinajstić information content (AvgIpc) is 2.25. The van der Waals surface area contributed by atoms with Crippen molar-refractivity contribution in [1.82, 2.24) is 4.98 Å². The summed E-state index contributed by atoms with van der Waals surface area (Å²) in [5.41, 5.74) is 6.86. The smallest absolute Gasteiger partial charge is 0.133 e. The van der Waals surface area contributed by atoms with Crippen LogP contribution in [0.2, 0.25) is 0 Å². The molecule has 80 valence electrons. The first-order chi connectivity index (χ1) is 7.16. The largest absolute Gasteiger partial charge is 0.358 e. The summed E-state index contributed by atoms with van der Waals surface area (Å²) in [4.78, 5) is 6.25. The van der Waals surface area contributed by atoms with Gasteiger partial charge in [0, 0.05) is 31.4 Å². The highest BCUT2D eigenvalue weighted by Gasteiger charge is 2.10. The van der Waals surface area contributed by atoms with Crippen molar-refractivity contribution in [3.05, 3.63) is 23.9 Å². The number of nitrogens with zero attached hydrogens (tertiary/aromatic N) is 3. The molecule has 4 nitrogen and oxygen atoms in total. The third kappa shape index (κ3) is 2.93. The van der Waals surface area contributed by atoms with E-state index in [4.69, 9.17) is 11.0 Å². The van der Waals surface area contributed by atoms with E-state index in [0.717, 1.165) is 11.4 Å². The first kappa shape index (κ1) is 11.5. The molecule has 0 aromatic carbocycles. The summed E-state index contributed by atoms with van der Waals surface area (Å²) < 4.78 is 0. The van der Waals surface area contributed by atoms with Gasteiger partial charge in [-0.05, 0) is 13.0 Å². The van der Waals surface area contributed by atoms with Crippen molar-refractivity contribution < 1.29 is 0 Å². The zero-order chi connectivity index (χ0) is 11.3. The van der Waals surface area contributed by atoms with Gasteiger partial charge in [-0.1, -0.05) is 6.07 Å². The van der Waals surface area contributed by atoms with E-state index in [1.165, 1.54) is 0 Å². The summed E-state index contributed by atoms with van der Waals surface area (Å²) in [6.45, 7) is 2.60. The maximum Gasteiger partial charge on any atom is 0.133 e. The van der Waals surface area contributed by atoms with Gasteiger partial charge in [-0.3, -0.25) is 0 Å². The van der Waals surface area contributed by atoms with Gasteiger partial charge >= 0.3 is 0 Å². The van der Waals surface area contributed by atoms with Crippen LogP contribution in [-0.2, 0) is 0 Å². The van der Waals surface area contributed by atoms with Crippen LogP contribution in [0.25, 0.3) is 0 Å². The van der Waals surface area contributed by atoms with E-state index in [1.54, 1.807) is 6.20 Å².